The van der Waals surface area contributed by atoms with E-state index in [9.17, 15) is 5.11 Å². The molecule has 0 saturated carbocycles. The lowest BCUT2D eigenvalue weighted by Crippen LogP contribution is -1.94. The highest BCUT2D eigenvalue weighted by Crippen LogP contribution is 2.28. The number of aliphatic hydroxyl groups is 1. The minimum absolute atomic E-state index is 0.0423. The van der Waals surface area contributed by atoms with E-state index >= 15 is 0 Å². The molecule has 0 aliphatic rings. The van der Waals surface area contributed by atoms with Crippen molar-refractivity contribution in [3.05, 3.63) is 52.9 Å². The molecule has 0 bridgehead atoms. The highest BCUT2D eigenvalue weighted by molar-refractivity contribution is 7.71. The molecule has 0 unspecified atom stereocenters. The smallest absolute Gasteiger partial charge is 0.269 e. The van der Waals surface area contributed by atoms with Crippen molar-refractivity contribution in [3.8, 4) is 11.1 Å². The van der Waals surface area contributed by atoms with Gasteiger partial charge in [-0.05, 0) is 35.5 Å². The first-order valence-electron chi connectivity index (χ1n) is 5.99. The lowest BCUT2D eigenvalue weighted by atomic mass is 10.0. The Kier molecular flexibility index (Phi) is 2.97. The first kappa shape index (κ1) is 12.1. The molecule has 1 aromatic heterocycles. The largest absolute Gasteiger partial charge is 0.429 e. The van der Waals surface area contributed by atoms with Crippen LogP contribution in [0.3, 0.4) is 0 Å². The molecule has 2 aromatic carbocycles. The predicted octanol–water partition coefficient (Wildman–Crippen LogP) is 3.66. The Morgan fingerprint density at radius 2 is 1.89 bits per heavy atom. The molecule has 1 heterocycles. The third kappa shape index (κ3) is 1.99. The maximum absolute atomic E-state index is 9.55. The monoisotopic (exact) mass is 271 g/mol. The Labute approximate surface area is 115 Å². The van der Waals surface area contributed by atoms with Gasteiger partial charge in [-0.2, -0.15) is 0 Å². The molecule has 0 saturated heterocycles. The van der Waals surface area contributed by atoms with Gasteiger partial charge in [0.15, 0.2) is 5.58 Å². The number of rotatable bonds is 2. The second-order valence-corrected chi connectivity index (χ2v) is 4.78. The standard InChI is InChI=1S/C15H13NO2S/c1-16-14-12(9-17)7-11(8-13(14)18-15(16)19)10-5-3-2-4-6-10/h2-8,17H,9H2,1H3. The number of oxazole rings is 1. The zero-order chi connectivity index (χ0) is 13.4. The summed E-state index contributed by atoms with van der Waals surface area (Å²) in [6.45, 7) is -0.0423. The number of aryl methyl sites for hydroxylation is 1. The van der Waals surface area contributed by atoms with Crippen molar-refractivity contribution in [2.45, 2.75) is 6.61 Å². The molecule has 0 fully saturated rings. The van der Waals surface area contributed by atoms with Crippen LogP contribution in [0.25, 0.3) is 22.2 Å². The predicted molar refractivity (Wildman–Crippen MR) is 77.4 cm³/mol. The molecule has 3 aromatic rings. The Morgan fingerprint density at radius 1 is 1.16 bits per heavy atom. The van der Waals surface area contributed by atoms with Gasteiger partial charge in [0.1, 0.15) is 0 Å². The Morgan fingerprint density at radius 3 is 2.58 bits per heavy atom. The molecule has 0 aliphatic carbocycles. The van der Waals surface area contributed by atoms with Crippen molar-refractivity contribution >= 4 is 23.3 Å². The van der Waals surface area contributed by atoms with Crippen molar-refractivity contribution in [3.63, 3.8) is 0 Å². The van der Waals surface area contributed by atoms with Gasteiger partial charge in [-0.25, -0.2) is 0 Å². The van der Waals surface area contributed by atoms with Crippen LogP contribution in [0.15, 0.2) is 46.9 Å². The van der Waals surface area contributed by atoms with Crippen molar-refractivity contribution in [2.75, 3.05) is 0 Å². The maximum Gasteiger partial charge on any atom is 0.269 e. The molecule has 0 atom stereocenters. The molecular formula is C15H13NO2S. The molecular weight excluding hydrogens is 258 g/mol. The van der Waals surface area contributed by atoms with Gasteiger partial charge in [0.05, 0.1) is 12.1 Å². The Balaban J connectivity index is 2.33. The fourth-order valence-electron chi connectivity index (χ4n) is 2.30. The van der Waals surface area contributed by atoms with Crippen LogP contribution in [-0.4, -0.2) is 9.67 Å². The van der Waals surface area contributed by atoms with Gasteiger partial charge in [-0.15, -0.1) is 0 Å². The summed E-state index contributed by atoms with van der Waals surface area (Å²) in [5, 5.41) is 9.55. The molecule has 0 aliphatic heterocycles. The molecule has 0 amide bonds. The first-order chi connectivity index (χ1) is 9.20. The summed E-state index contributed by atoms with van der Waals surface area (Å²) in [6, 6.07) is 13.9. The van der Waals surface area contributed by atoms with Gasteiger partial charge in [0, 0.05) is 12.6 Å². The molecule has 3 rings (SSSR count). The van der Waals surface area contributed by atoms with Gasteiger partial charge < -0.3 is 14.1 Å². The van der Waals surface area contributed by atoms with Crippen molar-refractivity contribution in [1.82, 2.24) is 4.57 Å². The van der Waals surface area contributed by atoms with Crippen LogP contribution < -0.4 is 0 Å². The summed E-state index contributed by atoms with van der Waals surface area (Å²) in [6.07, 6.45) is 0. The minimum atomic E-state index is -0.0423. The van der Waals surface area contributed by atoms with Gasteiger partial charge in [-0.3, -0.25) is 0 Å². The minimum Gasteiger partial charge on any atom is -0.429 e. The molecule has 0 spiro atoms. The van der Waals surface area contributed by atoms with E-state index in [1.807, 2.05) is 49.5 Å². The number of aliphatic hydroxyl groups excluding tert-OH is 1. The highest BCUT2D eigenvalue weighted by Gasteiger charge is 2.11. The van der Waals surface area contributed by atoms with Gasteiger partial charge in [-0.1, -0.05) is 30.3 Å². The number of aromatic nitrogens is 1. The zero-order valence-electron chi connectivity index (χ0n) is 10.5. The maximum atomic E-state index is 9.55. The van der Waals surface area contributed by atoms with E-state index in [2.05, 4.69) is 0 Å². The van der Waals surface area contributed by atoms with Crippen LogP contribution in [0, 0.1) is 4.84 Å². The topological polar surface area (TPSA) is 38.3 Å². The number of nitrogens with zero attached hydrogens (tertiary/aromatic N) is 1. The first-order valence-corrected chi connectivity index (χ1v) is 6.40. The quantitative estimate of drug-likeness (QED) is 0.723. The van der Waals surface area contributed by atoms with Crippen molar-refractivity contribution in [1.29, 1.82) is 0 Å². The number of fused-ring (bicyclic) bond motifs is 1. The summed E-state index contributed by atoms with van der Waals surface area (Å²) in [5.41, 5.74) is 4.48. The third-order valence-corrected chi connectivity index (χ3v) is 3.60. The van der Waals surface area contributed by atoms with E-state index < -0.39 is 0 Å². The van der Waals surface area contributed by atoms with E-state index in [0.717, 1.165) is 22.2 Å². The third-order valence-electron chi connectivity index (χ3n) is 3.24. The van der Waals surface area contributed by atoms with E-state index in [4.69, 9.17) is 16.6 Å². The van der Waals surface area contributed by atoms with E-state index in [1.165, 1.54) is 0 Å². The summed E-state index contributed by atoms with van der Waals surface area (Å²) < 4.78 is 7.35. The number of hydrogen-bond acceptors (Lipinski definition) is 3. The van der Waals surface area contributed by atoms with Crippen LogP contribution in [0.4, 0.5) is 0 Å². The van der Waals surface area contributed by atoms with Crippen LogP contribution in [0.1, 0.15) is 5.56 Å². The van der Waals surface area contributed by atoms with E-state index in [-0.39, 0.29) is 6.61 Å². The second-order valence-electron chi connectivity index (χ2n) is 4.43. The van der Waals surface area contributed by atoms with Crippen molar-refractivity contribution in [2.24, 2.45) is 7.05 Å². The fraction of sp³-hybridized carbons (Fsp3) is 0.133. The lowest BCUT2D eigenvalue weighted by molar-refractivity contribution is 0.283. The van der Waals surface area contributed by atoms with Gasteiger partial charge >= 0.3 is 0 Å². The summed E-state index contributed by atoms with van der Waals surface area (Å²) >= 11 is 5.14. The summed E-state index contributed by atoms with van der Waals surface area (Å²) in [5.74, 6) is 0. The second kappa shape index (κ2) is 4.64. The average Bonchev–Trinajstić information content (AvgIpc) is 2.74. The number of benzene rings is 2. The van der Waals surface area contributed by atoms with Gasteiger partial charge in [0.25, 0.3) is 4.84 Å². The summed E-state index contributed by atoms with van der Waals surface area (Å²) in [7, 11) is 1.84. The van der Waals surface area contributed by atoms with Crippen LogP contribution in [0.5, 0.6) is 0 Å². The lowest BCUT2D eigenvalue weighted by Gasteiger charge is -2.06. The van der Waals surface area contributed by atoms with Crippen LogP contribution >= 0.6 is 12.2 Å². The normalized spacial score (nSPS) is 11.1. The zero-order valence-corrected chi connectivity index (χ0v) is 11.3. The molecule has 3 nitrogen and oxygen atoms in total. The molecule has 1 N–H and O–H groups in total. The molecule has 96 valence electrons. The van der Waals surface area contributed by atoms with Crippen molar-refractivity contribution < 1.29 is 9.52 Å². The fourth-order valence-corrected chi connectivity index (χ4v) is 2.48. The van der Waals surface area contributed by atoms with Gasteiger partial charge in [0.2, 0.25) is 0 Å². The van der Waals surface area contributed by atoms with E-state index in [1.54, 1.807) is 4.57 Å². The van der Waals surface area contributed by atoms with E-state index in [0.29, 0.717) is 10.4 Å². The molecule has 4 heteroatoms. The SMILES string of the molecule is Cn1c(=S)oc2cc(-c3ccccc3)cc(CO)c21. The Bertz CT molecular complexity index is 787. The highest BCUT2D eigenvalue weighted by atomic mass is 32.1. The molecule has 0 radical (unpaired) electrons. The molecule has 19 heavy (non-hydrogen) atoms. The summed E-state index contributed by atoms with van der Waals surface area (Å²) in [4.78, 5) is 0.412. The Hall–Kier alpha value is -1.91. The number of hydrogen-bond donors (Lipinski definition) is 1. The van der Waals surface area contributed by atoms with Crippen LogP contribution in [0.2, 0.25) is 0 Å². The van der Waals surface area contributed by atoms with Crippen LogP contribution in [-0.2, 0) is 13.7 Å². The average molecular weight is 271 g/mol.